The standard InChI is InChI=1S/C16H28N4O/c1-5-9-20(11-14-7-6-8-17-14)16-18-13(4)10-15(19-16)21-12(2)3/h10,12,14,17H,5-9,11H2,1-4H3. The fraction of sp³-hybridized carbons (Fsp3) is 0.750. The minimum absolute atomic E-state index is 0.128. The number of hydrogen-bond acceptors (Lipinski definition) is 5. The number of nitrogens with one attached hydrogen (secondary N) is 1. The highest BCUT2D eigenvalue weighted by molar-refractivity contribution is 5.34. The first-order valence-electron chi connectivity index (χ1n) is 8.09. The summed E-state index contributed by atoms with van der Waals surface area (Å²) in [4.78, 5) is 11.5. The van der Waals surface area contributed by atoms with Crippen LogP contribution in [0.25, 0.3) is 0 Å². The maximum Gasteiger partial charge on any atom is 0.228 e. The molecule has 1 saturated heterocycles. The highest BCUT2D eigenvalue weighted by atomic mass is 16.5. The topological polar surface area (TPSA) is 50.3 Å². The van der Waals surface area contributed by atoms with Gasteiger partial charge >= 0.3 is 0 Å². The molecule has 0 radical (unpaired) electrons. The summed E-state index contributed by atoms with van der Waals surface area (Å²) in [5.74, 6) is 1.47. The number of anilines is 1. The molecule has 21 heavy (non-hydrogen) atoms. The number of hydrogen-bond donors (Lipinski definition) is 1. The van der Waals surface area contributed by atoms with Gasteiger partial charge in [0, 0.05) is 30.9 Å². The van der Waals surface area contributed by atoms with Gasteiger partial charge in [0.25, 0.3) is 0 Å². The predicted molar refractivity (Wildman–Crippen MR) is 86.1 cm³/mol. The van der Waals surface area contributed by atoms with E-state index in [-0.39, 0.29) is 6.10 Å². The second kappa shape index (κ2) is 7.59. The lowest BCUT2D eigenvalue weighted by Crippen LogP contribution is -2.39. The van der Waals surface area contributed by atoms with Crippen LogP contribution in [0.1, 0.15) is 45.7 Å². The number of ether oxygens (including phenoxy) is 1. The van der Waals surface area contributed by atoms with Crippen molar-refractivity contribution >= 4 is 5.95 Å². The molecule has 1 aromatic heterocycles. The van der Waals surface area contributed by atoms with Gasteiger partial charge in [0.1, 0.15) is 0 Å². The van der Waals surface area contributed by atoms with Crippen LogP contribution in [0.3, 0.4) is 0 Å². The van der Waals surface area contributed by atoms with E-state index in [2.05, 4.69) is 27.1 Å². The van der Waals surface area contributed by atoms with E-state index in [4.69, 9.17) is 4.74 Å². The largest absolute Gasteiger partial charge is 0.475 e. The fourth-order valence-corrected chi connectivity index (χ4v) is 2.69. The van der Waals surface area contributed by atoms with Gasteiger partial charge in [-0.15, -0.1) is 0 Å². The third-order valence-electron chi connectivity index (χ3n) is 3.55. The van der Waals surface area contributed by atoms with E-state index in [0.29, 0.717) is 11.9 Å². The Morgan fingerprint density at radius 1 is 1.43 bits per heavy atom. The van der Waals surface area contributed by atoms with Crippen molar-refractivity contribution in [1.82, 2.24) is 15.3 Å². The molecule has 1 aliphatic heterocycles. The van der Waals surface area contributed by atoms with Gasteiger partial charge in [-0.25, -0.2) is 4.98 Å². The molecule has 1 fully saturated rings. The Morgan fingerprint density at radius 2 is 2.24 bits per heavy atom. The van der Waals surface area contributed by atoms with Gasteiger partial charge in [0.2, 0.25) is 11.8 Å². The van der Waals surface area contributed by atoms with Crippen LogP contribution in [-0.2, 0) is 0 Å². The lowest BCUT2D eigenvalue weighted by atomic mass is 10.2. The van der Waals surface area contributed by atoms with Crippen LogP contribution >= 0.6 is 0 Å². The van der Waals surface area contributed by atoms with Crippen molar-refractivity contribution in [3.8, 4) is 5.88 Å². The normalized spacial score (nSPS) is 18.2. The maximum absolute atomic E-state index is 5.74. The van der Waals surface area contributed by atoms with Crippen LogP contribution in [0.5, 0.6) is 5.88 Å². The fourth-order valence-electron chi connectivity index (χ4n) is 2.69. The van der Waals surface area contributed by atoms with Gasteiger partial charge in [-0.3, -0.25) is 0 Å². The first kappa shape index (κ1) is 16.0. The molecule has 0 amide bonds. The smallest absolute Gasteiger partial charge is 0.228 e. The van der Waals surface area contributed by atoms with Gasteiger partial charge in [-0.2, -0.15) is 4.98 Å². The summed E-state index contributed by atoms with van der Waals surface area (Å²) < 4.78 is 5.74. The van der Waals surface area contributed by atoms with Crippen molar-refractivity contribution in [1.29, 1.82) is 0 Å². The van der Waals surface area contributed by atoms with Gasteiger partial charge in [-0.1, -0.05) is 6.92 Å². The molecule has 0 saturated carbocycles. The maximum atomic E-state index is 5.74. The van der Waals surface area contributed by atoms with E-state index in [1.54, 1.807) is 0 Å². The van der Waals surface area contributed by atoms with E-state index >= 15 is 0 Å². The van der Waals surface area contributed by atoms with Crippen LogP contribution in [-0.4, -0.2) is 41.7 Å². The Morgan fingerprint density at radius 3 is 2.86 bits per heavy atom. The average Bonchev–Trinajstić information content (AvgIpc) is 2.89. The molecule has 1 aromatic rings. The summed E-state index contributed by atoms with van der Waals surface area (Å²) >= 11 is 0. The summed E-state index contributed by atoms with van der Waals surface area (Å²) in [5.41, 5.74) is 0.955. The lowest BCUT2D eigenvalue weighted by Gasteiger charge is -2.26. The van der Waals surface area contributed by atoms with Crippen LogP contribution in [0.2, 0.25) is 0 Å². The van der Waals surface area contributed by atoms with Crippen molar-refractivity contribution in [3.05, 3.63) is 11.8 Å². The molecule has 118 valence electrons. The van der Waals surface area contributed by atoms with Crippen molar-refractivity contribution in [3.63, 3.8) is 0 Å². The third-order valence-corrected chi connectivity index (χ3v) is 3.55. The summed E-state index contributed by atoms with van der Waals surface area (Å²) in [6.07, 6.45) is 3.72. The summed E-state index contributed by atoms with van der Waals surface area (Å²) in [5, 5.41) is 3.55. The van der Waals surface area contributed by atoms with Gasteiger partial charge in [0.15, 0.2) is 0 Å². The van der Waals surface area contributed by atoms with Crippen molar-refractivity contribution in [2.24, 2.45) is 0 Å². The molecule has 5 heteroatoms. The molecule has 1 aliphatic rings. The van der Waals surface area contributed by atoms with E-state index < -0.39 is 0 Å². The number of aryl methyl sites for hydroxylation is 1. The Labute approximate surface area is 128 Å². The Hall–Kier alpha value is -1.36. The molecule has 0 bridgehead atoms. The second-order valence-corrected chi connectivity index (χ2v) is 6.05. The molecule has 1 atom stereocenters. The van der Waals surface area contributed by atoms with Gasteiger partial charge in [-0.05, 0) is 46.6 Å². The van der Waals surface area contributed by atoms with Crippen molar-refractivity contribution < 1.29 is 4.74 Å². The summed E-state index contributed by atoms with van der Waals surface area (Å²) in [6.45, 7) is 11.3. The van der Waals surface area contributed by atoms with E-state index in [0.717, 1.165) is 37.7 Å². The zero-order valence-electron chi connectivity index (χ0n) is 13.7. The first-order valence-corrected chi connectivity index (χ1v) is 8.09. The van der Waals surface area contributed by atoms with E-state index in [1.165, 1.54) is 12.8 Å². The first-order chi connectivity index (χ1) is 10.1. The monoisotopic (exact) mass is 292 g/mol. The summed E-state index contributed by atoms with van der Waals surface area (Å²) in [6, 6.07) is 2.46. The minimum Gasteiger partial charge on any atom is -0.475 e. The van der Waals surface area contributed by atoms with E-state index in [9.17, 15) is 0 Å². The zero-order valence-corrected chi connectivity index (χ0v) is 13.7. The molecule has 0 aliphatic carbocycles. The predicted octanol–water partition coefficient (Wildman–Crippen LogP) is 2.54. The molecule has 0 aromatic carbocycles. The average molecular weight is 292 g/mol. The van der Waals surface area contributed by atoms with E-state index in [1.807, 2.05) is 26.8 Å². The number of aromatic nitrogens is 2. The Kier molecular flexibility index (Phi) is 5.79. The summed E-state index contributed by atoms with van der Waals surface area (Å²) in [7, 11) is 0. The molecular formula is C16H28N4O. The molecule has 1 N–H and O–H groups in total. The van der Waals surface area contributed by atoms with Crippen LogP contribution in [0.4, 0.5) is 5.95 Å². The molecular weight excluding hydrogens is 264 g/mol. The second-order valence-electron chi connectivity index (χ2n) is 6.05. The molecule has 5 nitrogen and oxygen atoms in total. The molecule has 2 heterocycles. The lowest BCUT2D eigenvalue weighted by molar-refractivity contribution is 0.232. The highest BCUT2D eigenvalue weighted by Gasteiger charge is 2.20. The molecule has 2 rings (SSSR count). The van der Waals surface area contributed by atoms with Gasteiger partial charge < -0.3 is 15.0 Å². The van der Waals surface area contributed by atoms with Crippen molar-refractivity contribution in [2.45, 2.75) is 59.1 Å². The Balaban J connectivity index is 2.15. The van der Waals surface area contributed by atoms with Gasteiger partial charge in [0.05, 0.1) is 6.10 Å². The van der Waals surface area contributed by atoms with Crippen LogP contribution in [0.15, 0.2) is 6.07 Å². The molecule has 0 spiro atoms. The number of nitrogens with zero attached hydrogens (tertiary/aromatic N) is 3. The highest BCUT2D eigenvalue weighted by Crippen LogP contribution is 2.18. The quantitative estimate of drug-likeness (QED) is 0.837. The number of rotatable bonds is 7. The SMILES string of the molecule is CCCN(CC1CCCN1)c1nc(C)cc(OC(C)C)n1. The third kappa shape index (κ3) is 4.84. The van der Waals surface area contributed by atoms with Crippen LogP contribution < -0.4 is 15.0 Å². The minimum atomic E-state index is 0.128. The van der Waals surface area contributed by atoms with Crippen LogP contribution in [0, 0.1) is 6.92 Å². The van der Waals surface area contributed by atoms with Crippen molar-refractivity contribution in [2.75, 3.05) is 24.5 Å². The Bertz CT molecular complexity index is 444. The zero-order chi connectivity index (χ0) is 15.2. The molecule has 1 unspecified atom stereocenters.